The van der Waals surface area contributed by atoms with Crippen molar-refractivity contribution in [3.8, 4) is 5.75 Å². The number of ether oxygens (including phenoxy) is 2. The lowest BCUT2D eigenvalue weighted by atomic mass is 10.2. The molecule has 1 aromatic heterocycles. The summed E-state index contributed by atoms with van der Waals surface area (Å²) in [5, 5.41) is 4.67. The number of thiophene rings is 1. The van der Waals surface area contributed by atoms with Crippen molar-refractivity contribution in [3.63, 3.8) is 0 Å². The van der Waals surface area contributed by atoms with Gasteiger partial charge in [0.1, 0.15) is 12.6 Å². The molecule has 0 bridgehead atoms. The fourth-order valence-corrected chi connectivity index (χ4v) is 4.50. The molecule has 0 unspecified atom stereocenters. The Labute approximate surface area is 222 Å². The molecule has 2 N–H and O–H groups in total. The van der Waals surface area contributed by atoms with Crippen LogP contribution in [-0.2, 0) is 14.3 Å². The summed E-state index contributed by atoms with van der Waals surface area (Å²) in [5.74, 6) is -2.63. The van der Waals surface area contributed by atoms with E-state index in [2.05, 4.69) is 15.4 Å². The largest absolute Gasteiger partial charge is 0.433 e. The monoisotopic (exact) mass is 584 g/mol. The van der Waals surface area contributed by atoms with Gasteiger partial charge in [0.25, 0.3) is 11.8 Å². The van der Waals surface area contributed by atoms with Crippen LogP contribution in [-0.4, -0.2) is 81.3 Å². The molecule has 0 aliphatic carbocycles. The molecule has 0 radical (unpaired) electrons. The van der Waals surface area contributed by atoms with Crippen LogP contribution in [0.2, 0.25) is 4.34 Å². The number of amides is 3. The molecule has 16 heteroatoms. The molecule has 1 aliphatic rings. The third-order valence-electron chi connectivity index (χ3n) is 5.25. The van der Waals surface area contributed by atoms with E-state index in [1.807, 2.05) is 0 Å². The number of carbonyl (C=O) groups excluding carboxylic acids is 3. The number of benzene rings is 1. The van der Waals surface area contributed by atoms with Crippen LogP contribution in [0.4, 0.5) is 33.3 Å². The fraction of sp³-hybridized carbons (Fsp3) is 0.409. The van der Waals surface area contributed by atoms with E-state index in [0.29, 0.717) is 9.24 Å². The summed E-state index contributed by atoms with van der Waals surface area (Å²) in [6.07, 6.45) is -4.67. The van der Waals surface area contributed by atoms with Gasteiger partial charge in [0.15, 0.2) is 5.75 Å². The van der Waals surface area contributed by atoms with Gasteiger partial charge in [-0.1, -0.05) is 11.6 Å². The second-order valence-corrected chi connectivity index (χ2v) is 9.72. The summed E-state index contributed by atoms with van der Waals surface area (Å²) >= 11 is 6.73. The summed E-state index contributed by atoms with van der Waals surface area (Å²) in [7, 11) is 1.02. The number of likely N-dealkylation sites (N-methyl/N-ethyl adjacent to an activating group) is 1. The second-order valence-electron chi connectivity index (χ2n) is 8.01. The van der Waals surface area contributed by atoms with Gasteiger partial charge >= 0.3 is 12.8 Å². The maximum Gasteiger partial charge on any atom is 0.401 e. The van der Waals surface area contributed by atoms with Crippen molar-refractivity contribution in [2.45, 2.75) is 18.8 Å². The van der Waals surface area contributed by atoms with Crippen LogP contribution in [0.1, 0.15) is 9.67 Å². The molecule has 2 heterocycles. The first kappa shape index (κ1) is 29.5. The van der Waals surface area contributed by atoms with E-state index in [4.69, 9.17) is 16.3 Å². The minimum Gasteiger partial charge on any atom is -0.433 e. The summed E-state index contributed by atoms with van der Waals surface area (Å²) in [4.78, 5) is 39.6. The number of anilines is 2. The SMILES string of the molecule is CN(CC(F)(F)F)[C@@H](CNC(=O)c1ccc(Cl)s1)C(=O)Nc1ccc(N2CCOCC2=O)cc1OC(F)F. The quantitative estimate of drug-likeness (QED) is 0.414. The van der Waals surface area contributed by atoms with Crippen LogP contribution >= 0.6 is 22.9 Å². The summed E-state index contributed by atoms with van der Waals surface area (Å²) in [6, 6.07) is 4.94. The first-order chi connectivity index (χ1) is 17.8. The predicted octanol–water partition coefficient (Wildman–Crippen LogP) is 3.60. The first-order valence-electron chi connectivity index (χ1n) is 10.9. The number of nitrogens with one attached hydrogen (secondary N) is 2. The number of alkyl halides is 5. The van der Waals surface area contributed by atoms with E-state index in [0.717, 1.165) is 24.5 Å². The molecule has 0 spiro atoms. The molecule has 1 aromatic carbocycles. The van der Waals surface area contributed by atoms with E-state index in [-0.39, 0.29) is 36.0 Å². The Kier molecular flexibility index (Phi) is 9.87. The molecule has 3 amide bonds. The van der Waals surface area contributed by atoms with Gasteiger partial charge in [-0.2, -0.15) is 22.0 Å². The van der Waals surface area contributed by atoms with E-state index in [1.54, 1.807) is 0 Å². The summed E-state index contributed by atoms with van der Waals surface area (Å²) in [6.45, 7) is -5.19. The van der Waals surface area contributed by atoms with Gasteiger partial charge in [0.05, 0.1) is 28.1 Å². The van der Waals surface area contributed by atoms with Crippen molar-refractivity contribution >= 4 is 52.0 Å². The summed E-state index contributed by atoms with van der Waals surface area (Å²) < 4.78 is 75.3. The van der Waals surface area contributed by atoms with Gasteiger partial charge in [0.2, 0.25) is 5.91 Å². The molecule has 208 valence electrons. The normalized spacial score (nSPS) is 15.1. The van der Waals surface area contributed by atoms with E-state index >= 15 is 0 Å². The van der Waals surface area contributed by atoms with Crippen LogP contribution in [0, 0.1) is 0 Å². The Balaban J connectivity index is 1.82. The molecule has 0 saturated carbocycles. The predicted molar refractivity (Wildman–Crippen MR) is 129 cm³/mol. The third-order valence-corrected chi connectivity index (χ3v) is 6.48. The Morgan fingerprint density at radius 3 is 2.61 bits per heavy atom. The van der Waals surface area contributed by atoms with Crippen LogP contribution in [0.15, 0.2) is 30.3 Å². The second kappa shape index (κ2) is 12.7. The Bertz CT molecular complexity index is 1170. The van der Waals surface area contributed by atoms with Gasteiger partial charge in [-0.05, 0) is 31.3 Å². The lowest BCUT2D eigenvalue weighted by Gasteiger charge is -2.29. The number of morpholine rings is 1. The van der Waals surface area contributed by atoms with Crippen molar-refractivity contribution in [2.24, 2.45) is 0 Å². The number of rotatable bonds is 10. The van der Waals surface area contributed by atoms with E-state index in [9.17, 15) is 36.3 Å². The molecular formula is C22H22ClF5N4O5S. The van der Waals surface area contributed by atoms with Crippen LogP contribution in [0.5, 0.6) is 5.75 Å². The average molecular weight is 585 g/mol. The van der Waals surface area contributed by atoms with Crippen molar-refractivity contribution in [1.82, 2.24) is 10.2 Å². The lowest BCUT2D eigenvalue weighted by Crippen LogP contribution is -2.51. The highest BCUT2D eigenvalue weighted by atomic mass is 35.5. The average Bonchev–Trinajstić information content (AvgIpc) is 3.25. The smallest absolute Gasteiger partial charge is 0.401 e. The van der Waals surface area contributed by atoms with Gasteiger partial charge in [0, 0.05) is 24.8 Å². The molecule has 1 fully saturated rings. The van der Waals surface area contributed by atoms with Crippen molar-refractivity contribution in [3.05, 3.63) is 39.5 Å². The van der Waals surface area contributed by atoms with Crippen molar-refractivity contribution in [2.75, 3.05) is 50.1 Å². The van der Waals surface area contributed by atoms with Gasteiger partial charge < -0.3 is 25.0 Å². The molecule has 3 rings (SSSR count). The molecule has 38 heavy (non-hydrogen) atoms. The molecule has 1 atom stereocenters. The number of hydrogen-bond acceptors (Lipinski definition) is 7. The minimum absolute atomic E-state index is 0.151. The molecule has 1 aliphatic heterocycles. The maximum atomic E-state index is 13.1. The van der Waals surface area contributed by atoms with Crippen LogP contribution < -0.4 is 20.3 Å². The minimum atomic E-state index is -4.67. The highest BCUT2D eigenvalue weighted by molar-refractivity contribution is 7.18. The highest BCUT2D eigenvalue weighted by Gasteiger charge is 2.35. The molecule has 2 aromatic rings. The maximum absolute atomic E-state index is 13.1. The number of hydrogen-bond donors (Lipinski definition) is 2. The van der Waals surface area contributed by atoms with Crippen molar-refractivity contribution < 1.29 is 45.8 Å². The van der Waals surface area contributed by atoms with E-state index < -0.39 is 55.4 Å². The number of nitrogens with zero attached hydrogens (tertiary/aromatic N) is 2. The molecular weight excluding hydrogens is 563 g/mol. The van der Waals surface area contributed by atoms with Crippen LogP contribution in [0.3, 0.4) is 0 Å². The zero-order chi connectivity index (χ0) is 28.0. The van der Waals surface area contributed by atoms with E-state index in [1.165, 1.54) is 29.2 Å². The lowest BCUT2D eigenvalue weighted by molar-refractivity contribution is -0.150. The Hall–Kier alpha value is -3.01. The molecule has 1 saturated heterocycles. The Morgan fingerprint density at radius 2 is 2.00 bits per heavy atom. The van der Waals surface area contributed by atoms with Crippen molar-refractivity contribution in [1.29, 1.82) is 0 Å². The van der Waals surface area contributed by atoms with Gasteiger partial charge in [-0.25, -0.2) is 0 Å². The fourth-order valence-electron chi connectivity index (χ4n) is 3.54. The number of carbonyl (C=O) groups is 3. The molecule has 9 nitrogen and oxygen atoms in total. The third kappa shape index (κ3) is 8.24. The van der Waals surface area contributed by atoms with Crippen LogP contribution in [0.25, 0.3) is 0 Å². The van der Waals surface area contributed by atoms with Gasteiger partial charge in [-0.3, -0.25) is 19.3 Å². The van der Waals surface area contributed by atoms with Gasteiger partial charge in [-0.15, -0.1) is 11.3 Å². The highest BCUT2D eigenvalue weighted by Crippen LogP contribution is 2.32. The first-order valence-corrected chi connectivity index (χ1v) is 12.1. The summed E-state index contributed by atoms with van der Waals surface area (Å²) in [5.41, 5.74) is -0.0823. The zero-order valence-electron chi connectivity index (χ0n) is 19.7. The zero-order valence-corrected chi connectivity index (χ0v) is 21.3. The standard InChI is InChI=1S/C22H22ClF5N4O5S/c1-31(11-22(26,27)28)14(9-29-20(35)16-4-5-17(23)38-16)19(34)30-13-3-2-12(8-15(13)37-21(24)25)32-6-7-36-10-18(32)33/h2-5,8,14,21H,6-7,9-11H2,1H3,(H,29,35)(H,30,34)/t14-/m0/s1. The Morgan fingerprint density at radius 1 is 1.26 bits per heavy atom. The number of halogens is 6. The topological polar surface area (TPSA) is 100 Å².